The molecule has 0 aliphatic heterocycles. The van der Waals surface area contributed by atoms with Gasteiger partial charge in [0.25, 0.3) is 0 Å². The van der Waals surface area contributed by atoms with Gasteiger partial charge < -0.3 is 0 Å². The maximum Gasteiger partial charge on any atom is 0.355 e. The fourth-order valence-corrected chi connectivity index (χ4v) is 0.747. The lowest BCUT2D eigenvalue weighted by molar-refractivity contribution is -0.213. The lowest BCUT2D eigenvalue weighted by Gasteiger charge is -2.02. The zero-order valence-electron chi connectivity index (χ0n) is 7.74. The van der Waals surface area contributed by atoms with E-state index in [0.29, 0.717) is 12.2 Å². The van der Waals surface area contributed by atoms with E-state index in [1.165, 1.54) is 0 Å². The summed E-state index contributed by atoms with van der Waals surface area (Å²) < 4.78 is 0. The Balaban J connectivity index is 2.46. The van der Waals surface area contributed by atoms with Gasteiger partial charge in [0.05, 0.1) is 0 Å². The maximum atomic E-state index is 10.7. The van der Waals surface area contributed by atoms with Crippen LogP contribution in [0, 0.1) is 6.92 Å². The Morgan fingerprint density at radius 2 is 1.92 bits per heavy atom. The van der Waals surface area contributed by atoms with Gasteiger partial charge in [-0.05, 0) is 19.1 Å². The van der Waals surface area contributed by atoms with Crippen molar-refractivity contribution in [3.8, 4) is 5.75 Å². The van der Waals surface area contributed by atoms with Crippen LogP contribution in [0.2, 0.25) is 0 Å². The van der Waals surface area contributed by atoms with Crippen molar-refractivity contribution in [1.29, 1.82) is 0 Å². The smallest absolute Gasteiger partial charge is 0.287 e. The van der Waals surface area contributed by atoms with Gasteiger partial charge in [0.2, 0.25) is 0 Å². The highest BCUT2D eigenvalue weighted by Gasteiger charge is 2.00. The largest absolute Gasteiger partial charge is 0.355 e. The molecule has 0 aliphatic carbocycles. The molecule has 3 heteroatoms. The fourth-order valence-electron chi connectivity index (χ4n) is 0.747. The van der Waals surface area contributed by atoms with Crippen LogP contribution in [-0.4, -0.2) is 5.97 Å². The second kappa shape index (κ2) is 4.50. The van der Waals surface area contributed by atoms with Gasteiger partial charge >= 0.3 is 5.97 Å². The molecule has 0 atom stereocenters. The Kier molecular flexibility index (Phi) is 3.31. The highest BCUT2D eigenvalue weighted by atomic mass is 17.2. The van der Waals surface area contributed by atoms with E-state index in [4.69, 9.17) is 4.89 Å². The second-order valence-electron chi connectivity index (χ2n) is 2.71. The summed E-state index contributed by atoms with van der Waals surface area (Å²) in [6.45, 7) is 3.68. The molecule has 0 saturated heterocycles. The summed E-state index contributed by atoms with van der Waals surface area (Å²) in [4.78, 5) is 19.9. The number of aryl methyl sites for hydroxylation is 1. The second-order valence-corrected chi connectivity index (χ2v) is 2.71. The molecule has 0 radical (unpaired) electrons. The standard InChI is InChI=1S/C10H12O3/c1-3-10(11)13-12-9-6-4-8(2)5-7-9/h4-7H,3H2,1-2H3. The van der Waals surface area contributed by atoms with E-state index in [0.717, 1.165) is 5.56 Å². The highest BCUT2D eigenvalue weighted by molar-refractivity contribution is 5.68. The van der Waals surface area contributed by atoms with E-state index >= 15 is 0 Å². The first kappa shape index (κ1) is 9.58. The van der Waals surface area contributed by atoms with E-state index < -0.39 is 0 Å². The zero-order chi connectivity index (χ0) is 9.68. The van der Waals surface area contributed by atoms with Crippen LogP contribution in [0.15, 0.2) is 24.3 Å². The quantitative estimate of drug-likeness (QED) is 0.528. The van der Waals surface area contributed by atoms with Crippen LogP contribution in [0.5, 0.6) is 5.75 Å². The summed E-state index contributed by atoms with van der Waals surface area (Å²) in [6.07, 6.45) is 0.311. The summed E-state index contributed by atoms with van der Waals surface area (Å²) in [5.41, 5.74) is 1.13. The van der Waals surface area contributed by atoms with Crippen molar-refractivity contribution in [3.63, 3.8) is 0 Å². The molecular weight excluding hydrogens is 168 g/mol. The Morgan fingerprint density at radius 3 is 2.46 bits per heavy atom. The zero-order valence-corrected chi connectivity index (χ0v) is 7.74. The van der Waals surface area contributed by atoms with Crippen LogP contribution in [-0.2, 0) is 9.68 Å². The van der Waals surface area contributed by atoms with Crippen LogP contribution in [0.3, 0.4) is 0 Å². The van der Waals surface area contributed by atoms with Crippen LogP contribution in [0.1, 0.15) is 18.9 Å². The molecule has 0 saturated carbocycles. The van der Waals surface area contributed by atoms with Gasteiger partial charge in [0.1, 0.15) is 0 Å². The van der Waals surface area contributed by atoms with E-state index in [1.54, 1.807) is 19.1 Å². The van der Waals surface area contributed by atoms with Gasteiger partial charge in [-0.25, -0.2) is 4.79 Å². The third-order valence-electron chi connectivity index (χ3n) is 1.54. The molecular formula is C10H12O3. The molecule has 13 heavy (non-hydrogen) atoms. The molecule has 0 bridgehead atoms. The van der Waals surface area contributed by atoms with Crippen LogP contribution in [0.4, 0.5) is 0 Å². The van der Waals surface area contributed by atoms with Crippen molar-refractivity contribution < 1.29 is 14.6 Å². The Labute approximate surface area is 77.2 Å². The highest BCUT2D eigenvalue weighted by Crippen LogP contribution is 2.11. The van der Waals surface area contributed by atoms with E-state index in [-0.39, 0.29) is 5.97 Å². The van der Waals surface area contributed by atoms with E-state index in [9.17, 15) is 4.79 Å². The van der Waals surface area contributed by atoms with Gasteiger partial charge in [-0.1, -0.05) is 24.6 Å². The third-order valence-corrected chi connectivity index (χ3v) is 1.54. The first-order valence-corrected chi connectivity index (χ1v) is 4.16. The van der Waals surface area contributed by atoms with E-state index in [2.05, 4.69) is 4.89 Å². The van der Waals surface area contributed by atoms with Gasteiger partial charge in [-0.3, -0.25) is 9.78 Å². The minimum Gasteiger partial charge on any atom is -0.287 e. The lowest BCUT2D eigenvalue weighted by atomic mass is 10.2. The van der Waals surface area contributed by atoms with Crippen molar-refractivity contribution in [2.45, 2.75) is 20.3 Å². The number of hydrogen-bond donors (Lipinski definition) is 0. The van der Waals surface area contributed by atoms with Crippen LogP contribution < -0.4 is 4.89 Å². The predicted molar refractivity (Wildman–Crippen MR) is 48.2 cm³/mol. The third kappa shape index (κ3) is 3.15. The molecule has 0 spiro atoms. The van der Waals surface area contributed by atoms with Crippen LogP contribution >= 0.6 is 0 Å². The molecule has 0 fully saturated rings. The Morgan fingerprint density at radius 1 is 1.31 bits per heavy atom. The summed E-state index contributed by atoms with van der Waals surface area (Å²) in [5.74, 6) is 0.160. The van der Waals surface area contributed by atoms with Crippen LogP contribution in [0.25, 0.3) is 0 Å². The summed E-state index contributed by atoms with van der Waals surface area (Å²) >= 11 is 0. The summed E-state index contributed by atoms with van der Waals surface area (Å²) in [7, 11) is 0. The lowest BCUT2D eigenvalue weighted by Crippen LogP contribution is -2.05. The normalized spacial score (nSPS) is 9.38. The molecule has 0 aromatic heterocycles. The van der Waals surface area contributed by atoms with E-state index in [1.807, 2.05) is 19.1 Å². The summed E-state index contributed by atoms with van der Waals surface area (Å²) in [5, 5.41) is 0. The van der Waals surface area contributed by atoms with Gasteiger partial charge in [-0.15, -0.1) is 0 Å². The molecule has 0 amide bonds. The van der Waals surface area contributed by atoms with Crippen molar-refractivity contribution in [2.75, 3.05) is 0 Å². The summed E-state index contributed by atoms with van der Waals surface area (Å²) in [6, 6.07) is 7.26. The van der Waals surface area contributed by atoms with Gasteiger partial charge in [0.15, 0.2) is 5.75 Å². The monoisotopic (exact) mass is 180 g/mol. The molecule has 0 unspecified atom stereocenters. The average molecular weight is 180 g/mol. The minimum atomic E-state index is -0.374. The number of benzene rings is 1. The molecule has 1 aromatic carbocycles. The van der Waals surface area contributed by atoms with Crippen molar-refractivity contribution in [2.24, 2.45) is 0 Å². The number of carbonyl (C=O) groups excluding carboxylic acids is 1. The molecule has 3 nitrogen and oxygen atoms in total. The molecule has 0 aliphatic rings. The van der Waals surface area contributed by atoms with Crippen molar-refractivity contribution >= 4 is 5.97 Å². The minimum absolute atomic E-state index is 0.311. The molecule has 0 N–H and O–H groups in total. The van der Waals surface area contributed by atoms with Crippen molar-refractivity contribution in [3.05, 3.63) is 29.8 Å². The predicted octanol–water partition coefficient (Wildman–Crippen LogP) is 2.24. The topological polar surface area (TPSA) is 35.5 Å². The number of hydrogen-bond acceptors (Lipinski definition) is 3. The molecule has 1 aromatic rings. The SMILES string of the molecule is CCC(=O)OOc1ccc(C)cc1. The molecule has 1 rings (SSSR count). The number of carbonyl (C=O) groups is 1. The Hall–Kier alpha value is -1.51. The first-order valence-electron chi connectivity index (χ1n) is 4.16. The van der Waals surface area contributed by atoms with Gasteiger partial charge in [0, 0.05) is 6.42 Å². The fraction of sp³-hybridized carbons (Fsp3) is 0.300. The molecule has 0 heterocycles. The first-order chi connectivity index (χ1) is 6.22. The molecule has 70 valence electrons. The number of rotatable bonds is 3. The maximum absolute atomic E-state index is 10.7. The van der Waals surface area contributed by atoms with Crippen molar-refractivity contribution in [1.82, 2.24) is 0 Å². The average Bonchev–Trinajstić information content (AvgIpc) is 2.16. The Bertz CT molecular complexity index is 277. The van der Waals surface area contributed by atoms with Gasteiger partial charge in [-0.2, -0.15) is 0 Å².